The molecule has 3 nitrogen and oxygen atoms in total. The number of aliphatic hydroxyl groups excluding tert-OH is 1. The molecule has 8 heavy (non-hydrogen) atoms. The van der Waals surface area contributed by atoms with Gasteiger partial charge in [-0.15, -0.1) is 12.4 Å². The Bertz CT molecular complexity index is 45.0. The summed E-state index contributed by atoms with van der Waals surface area (Å²) in [5, 5.41) is 8.27. The number of halogens is 1. The van der Waals surface area contributed by atoms with Crippen LogP contribution in [0.3, 0.4) is 0 Å². The lowest BCUT2D eigenvalue weighted by Crippen LogP contribution is -2.32. The van der Waals surface area contributed by atoms with Gasteiger partial charge in [-0.25, -0.2) is 0 Å². The number of aliphatic hydroxyl groups is 1. The van der Waals surface area contributed by atoms with Gasteiger partial charge in [0, 0.05) is 12.6 Å². The molecule has 0 fully saturated rings. The van der Waals surface area contributed by atoms with E-state index in [0.29, 0.717) is 0 Å². The van der Waals surface area contributed by atoms with Gasteiger partial charge < -0.3 is 5.11 Å². The van der Waals surface area contributed by atoms with Gasteiger partial charge in [-0.05, 0) is 13.3 Å². The molecule has 0 aromatic rings. The average molecular weight is 141 g/mol. The van der Waals surface area contributed by atoms with Crippen molar-refractivity contribution in [3.8, 4) is 0 Å². The lowest BCUT2D eigenvalue weighted by molar-refractivity contribution is 0.269. The van der Waals surface area contributed by atoms with Gasteiger partial charge in [-0.2, -0.15) is 0 Å². The van der Waals surface area contributed by atoms with Gasteiger partial charge >= 0.3 is 0 Å². The third kappa shape index (κ3) is 6.17. The molecule has 0 aliphatic rings. The fourth-order valence-electron chi connectivity index (χ4n) is 0.277. The lowest BCUT2D eigenvalue weighted by Gasteiger charge is -2.04. The molecule has 0 amide bonds. The standard InChI is InChI=1S/C4H12N2O.ClH/c1-4(6-5)2-3-7;/h4,6-7H,2-3,5H2,1H3;1H. The SMILES string of the molecule is CC(CCO)NN.Cl. The first kappa shape index (κ1) is 11.0. The van der Waals surface area contributed by atoms with Gasteiger partial charge in [-0.3, -0.25) is 11.3 Å². The third-order valence-corrected chi connectivity index (χ3v) is 0.847. The molecule has 0 saturated heterocycles. The van der Waals surface area contributed by atoms with Crippen LogP contribution in [0.4, 0.5) is 0 Å². The Morgan fingerprint density at radius 1 is 1.75 bits per heavy atom. The van der Waals surface area contributed by atoms with Crippen LogP contribution in [0.5, 0.6) is 0 Å². The number of hydrogen-bond donors (Lipinski definition) is 3. The van der Waals surface area contributed by atoms with Crippen LogP contribution < -0.4 is 11.3 Å². The van der Waals surface area contributed by atoms with Crippen LogP contribution >= 0.6 is 12.4 Å². The number of nitrogens with one attached hydrogen (secondary N) is 1. The van der Waals surface area contributed by atoms with Crippen molar-refractivity contribution in [3.63, 3.8) is 0 Å². The molecule has 52 valence electrons. The molecule has 0 saturated carbocycles. The first-order valence-electron chi connectivity index (χ1n) is 2.38. The van der Waals surface area contributed by atoms with Crippen molar-refractivity contribution >= 4 is 12.4 Å². The Balaban J connectivity index is 0. The van der Waals surface area contributed by atoms with Crippen molar-refractivity contribution in [1.82, 2.24) is 5.43 Å². The van der Waals surface area contributed by atoms with E-state index in [0.717, 1.165) is 6.42 Å². The van der Waals surface area contributed by atoms with E-state index in [2.05, 4.69) is 5.43 Å². The maximum atomic E-state index is 8.27. The van der Waals surface area contributed by atoms with Crippen LogP contribution in [0.15, 0.2) is 0 Å². The van der Waals surface area contributed by atoms with Gasteiger partial charge in [0.1, 0.15) is 0 Å². The minimum atomic E-state index is 0. The van der Waals surface area contributed by atoms with E-state index in [1.165, 1.54) is 0 Å². The topological polar surface area (TPSA) is 58.3 Å². The molecule has 1 unspecified atom stereocenters. The second kappa shape index (κ2) is 7.17. The van der Waals surface area contributed by atoms with Gasteiger partial charge in [0.15, 0.2) is 0 Å². The molecular weight excluding hydrogens is 128 g/mol. The quantitative estimate of drug-likeness (QED) is 0.371. The molecule has 0 spiro atoms. The van der Waals surface area contributed by atoms with Crippen molar-refractivity contribution in [2.45, 2.75) is 19.4 Å². The molecule has 0 aliphatic carbocycles. The maximum Gasteiger partial charge on any atom is 0.0446 e. The van der Waals surface area contributed by atoms with Crippen molar-refractivity contribution in [2.75, 3.05) is 6.61 Å². The fourth-order valence-corrected chi connectivity index (χ4v) is 0.277. The van der Waals surface area contributed by atoms with Gasteiger partial charge in [-0.1, -0.05) is 0 Å². The molecule has 0 radical (unpaired) electrons. The molecule has 0 bridgehead atoms. The van der Waals surface area contributed by atoms with Crippen LogP contribution in [0.2, 0.25) is 0 Å². The Hall–Kier alpha value is 0.170. The molecule has 0 heterocycles. The number of hydrazine groups is 1. The minimum Gasteiger partial charge on any atom is -0.396 e. The van der Waals surface area contributed by atoms with Crippen LogP contribution in [0.25, 0.3) is 0 Å². The van der Waals surface area contributed by atoms with E-state index < -0.39 is 0 Å². The summed E-state index contributed by atoms with van der Waals surface area (Å²) in [5.41, 5.74) is 2.51. The molecule has 0 rings (SSSR count). The van der Waals surface area contributed by atoms with Crippen molar-refractivity contribution in [2.24, 2.45) is 5.84 Å². The van der Waals surface area contributed by atoms with E-state index in [-0.39, 0.29) is 25.1 Å². The van der Waals surface area contributed by atoms with Gasteiger partial charge in [0.05, 0.1) is 0 Å². The highest BCUT2D eigenvalue weighted by Gasteiger charge is 1.92. The zero-order valence-electron chi connectivity index (χ0n) is 4.92. The Kier molecular flexibility index (Phi) is 9.89. The summed E-state index contributed by atoms with van der Waals surface area (Å²) in [5.74, 6) is 5.00. The van der Waals surface area contributed by atoms with Crippen LogP contribution in [0, 0.1) is 0 Å². The fraction of sp³-hybridized carbons (Fsp3) is 1.00. The van der Waals surface area contributed by atoms with Crippen molar-refractivity contribution < 1.29 is 5.11 Å². The number of nitrogens with two attached hydrogens (primary N) is 1. The van der Waals surface area contributed by atoms with Crippen LogP contribution in [-0.2, 0) is 0 Å². The Morgan fingerprint density at radius 2 is 2.25 bits per heavy atom. The minimum absolute atomic E-state index is 0. The third-order valence-electron chi connectivity index (χ3n) is 0.847. The van der Waals surface area contributed by atoms with E-state index >= 15 is 0 Å². The summed E-state index contributed by atoms with van der Waals surface area (Å²) < 4.78 is 0. The van der Waals surface area contributed by atoms with E-state index in [4.69, 9.17) is 10.9 Å². The van der Waals surface area contributed by atoms with E-state index in [1.54, 1.807) is 0 Å². The normalized spacial score (nSPS) is 12.4. The summed E-state index contributed by atoms with van der Waals surface area (Å²) >= 11 is 0. The molecule has 4 N–H and O–H groups in total. The summed E-state index contributed by atoms with van der Waals surface area (Å²) in [7, 11) is 0. The van der Waals surface area contributed by atoms with Crippen molar-refractivity contribution in [1.29, 1.82) is 0 Å². The highest BCUT2D eigenvalue weighted by molar-refractivity contribution is 5.85. The molecule has 0 aliphatic heterocycles. The second-order valence-corrected chi connectivity index (χ2v) is 1.58. The molecular formula is C4H13ClN2O. The highest BCUT2D eigenvalue weighted by atomic mass is 35.5. The summed E-state index contributed by atoms with van der Waals surface area (Å²) in [6.07, 6.45) is 0.719. The Labute approximate surface area is 55.6 Å². The highest BCUT2D eigenvalue weighted by Crippen LogP contribution is 1.82. The zero-order valence-corrected chi connectivity index (χ0v) is 5.74. The largest absolute Gasteiger partial charge is 0.396 e. The van der Waals surface area contributed by atoms with E-state index in [1.807, 2.05) is 6.92 Å². The van der Waals surface area contributed by atoms with Crippen LogP contribution in [0.1, 0.15) is 13.3 Å². The average Bonchev–Trinajstić information content (AvgIpc) is 1.68. The first-order valence-corrected chi connectivity index (χ1v) is 2.38. The molecule has 1 atom stereocenters. The smallest absolute Gasteiger partial charge is 0.0446 e. The van der Waals surface area contributed by atoms with Crippen LogP contribution in [-0.4, -0.2) is 17.8 Å². The molecule has 0 aromatic heterocycles. The predicted octanol–water partition coefficient (Wildman–Crippen LogP) is -0.358. The second-order valence-electron chi connectivity index (χ2n) is 1.58. The maximum absolute atomic E-state index is 8.27. The number of rotatable bonds is 3. The molecule has 4 heteroatoms. The summed E-state index contributed by atoms with van der Waals surface area (Å²) in [6.45, 7) is 2.11. The Morgan fingerprint density at radius 3 is 2.38 bits per heavy atom. The predicted molar refractivity (Wildman–Crippen MR) is 35.7 cm³/mol. The van der Waals surface area contributed by atoms with Gasteiger partial charge in [0.25, 0.3) is 0 Å². The monoisotopic (exact) mass is 140 g/mol. The van der Waals surface area contributed by atoms with E-state index in [9.17, 15) is 0 Å². The lowest BCUT2D eigenvalue weighted by atomic mass is 10.3. The summed E-state index contributed by atoms with van der Waals surface area (Å²) in [4.78, 5) is 0. The van der Waals surface area contributed by atoms with Crippen molar-refractivity contribution in [3.05, 3.63) is 0 Å². The molecule has 0 aromatic carbocycles. The zero-order chi connectivity index (χ0) is 5.70. The first-order chi connectivity index (χ1) is 3.31. The number of hydrogen-bond acceptors (Lipinski definition) is 3. The van der Waals surface area contributed by atoms with Gasteiger partial charge in [0.2, 0.25) is 0 Å². The summed E-state index contributed by atoms with van der Waals surface area (Å²) in [6, 6.07) is 0.227.